The Balaban J connectivity index is 1.56. The number of hydrazine groups is 1. The molecule has 0 saturated carbocycles. The summed E-state index contributed by atoms with van der Waals surface area (Å²) in [5.41, 5.74) is 7.12. The lowest BCUT2D eigenvalue weighted by molar-refractivity contribution is -0.113. The predicted molar refractivity (Wildman–Crippen MR) is 104 cm³/mol. The Bertz CT molecular complexity index is 845. The molecule has 0 aliphatic carbocycles. The summed E-state index contributed by atoms with van der Waals surface area (Å²) in [7, 11) is 0. The van der Waals surface area contributed by atoms with Gasteiger partial charge in [-0.05, 0) is 11.8 Å². The number of hydrogen-bond acceptors (Lipinski definition) is 10. The first-order chi connectivity index (χ1) is 13.9. The van der Waals surface area contributed by atoms with E-state index in [1.165, 1.54) is 6.33 Å². The molecule has 2 aliphatic heterocycles. The quantitative estimate of drug-likeness (QED) is 0.443. The summed E-state index contributed by atoms with van der Waals surface area (Å²) < 4.78 is 13.5. The highest BCUT2D eigenvalue weighted by Crippen LogP contribution is 2.34. The lowest BCUT2D eigenvalue weighted by Crippen LogP contribution is -2.46. The predicted octanol–water partition coefficient (Wildman–Crippen LogP) is -0.0540. The van der Waals surface area contributed by atoms with E-state index in [2.05, 4.69) is 45.0 Å². The summed E-state index contributed by atoms with van der Waals surface area (Å²) >= 11 is 0. The van der Waals surface area contributed by atoms with Crippen LogP contribution in [0.1, 0.15) is 33.9 Å². The highest BCUT2D eigenvalue weighted by molar-refractivity contribution is 5.82. The zero-order chi connectivity index (χ0) is 20.7. The molecule has 2 saturated heterocycles. The average molecular weight is 407 g/mol. The van der Waals surface area contributed by atoms with Crippen molar-refractivity contribution < 1.29 is 19.7 Å². The molecule has 160 valence electrons. The average Bonchev–Trinajstić information content (AvgIpc) is 3.39. The molecule has 2 aromatic heterocycles. The number of aliphatic hydroxyl groups excluding tert-OH is 2. The molecule has 0 spiro atoms. The number of hydrogen-bond donors (Lipinski definition) is 5. The van der Waals surface area contributed by atoms with Crippen LogP contribution < -0.4 is 16.2 Å². The van der Waals surface area contributed by atoms with Gasteiger partial charge in [-0.3, -0.25) is 4.57 Å². The second kappa shape index (κ2) is 8.09. The minimum absolute atomic E-state index is 0.205. The van der Waals surface area contributed by atoms with Crippen LogP contribution in [-0.2, 0) is 9.47 Å². The van der Waals surface area contributed by atoms with E-state index in [4.69, 9.17) is 9.47 Å². The summed E-state index contributed by atoms with van der Waals surface area (Å²) in [6.45, 7) is 9.00. The number of anilines is 1. The van der Waals surface area contributed by atoms with E-state index in [-0.39, 0.29) is 12.1 Å². The second-order valence-corrected chi connectivity index (χ2v) is 8.30. The van der Waals surface area contributed by atoms with Crippen molar-refractivity contribution in [1.82, 2.24) is 30.4 Å². The van der Waals surface area contributed by atoms with Crippen LogP contribution in [-0.4, -0.2) is 67.0 Å². The molecule has 11 nitrogen and oxygen atoms in total. The van der Waals surface area contributed by atoms with Crippen LogP contribution in [0.2, 0.25) is 0 Å². The maximum absolute atomic E-state index is 10.7. The molecule has 2 unspecified atom stereocenters. The summed E-state index contributed by atoms with van der Waals surface area (Å²) in [6.07, 6.45) is -1.72. The minimum atomic E-state index is -1.16. The fourth-order valence-electron chi connectivity index (χ4n) is 3.51. The maximum atomic E-state index is 10.7. The van der Waals surface area contributed by atoms with E-state index in [1.54, 1.807) is 10.9 Å². The highest BCUT2D eigenvalue weighted by Gasteiger charge is 2.50. The smallest absolute Gasteiger partial charge is 0.167 e. The Morgan fingerprint density at radius 1 is 1.10 bits per heavy atom. The van der Waals surface area contributed by atoms with Gasteiger partial charge in [0.05, 0.1) is 6.33 Å². The van der Waals surface area contributed by atoms with Gasteiger partial charge < -0.3 is 25.0 Å². The third-order valence-corrected chi connectivity index (χ3v) is 5.15. The van der Waals surface area contributed by atoms with Crippen LogP contribution in [0.3, 0.4) is 0 Å². The molecule has 2 aromatic rings. The number of rotatable bonds is 6. The van der Waals surface area contributed by atoms with Crippen molar-refractivity contribution >= 4 is 17.0 Å². The van der Waals surface area contributed by atoms with Gasteiger partial charge in [0.25, 0.3) is 0 Å². The number of ether oxygens (including phenoxy) is 2. The van der Waals surface area contributed by atoms with E-state index < -0.39 is 30.8 Å². The number of fused-ring (bicyclic) bond motifs is 1. The Kier molecular flexibility index (Phi) is 5.69. The first-order valence-electron chi connectivity index (χ1n) is 9.96. The van der Waals surface area contributed by atoms with Crippen molar-refractivity contribution in [3.8, 4) is 0 Å². The molecule has 2 aliphatic rings. The largest absolute Gasteiger partial charge is 0.387 e. The number of aromatic nitrogens is 4. The standard InChI is InChI=1S/C18H29N7O4/c1-8(2)5-19-14-10-15(21-6-20-14)25(7-22-10)18-12(27)11(26)13(28-18)17-24-23-16(29-17)9(3)4/h6-9,11-13,16-18,23-24,26-27H,5H2,1-4H3,(H,19,20,21)/t11-,12+,13-,16?,17?,18+/m0/s1. The zero-order valence-electron chi connectivity index (χ0n) is 17.0. The van der Waals surface area contributed by atoms with Gasteiger partial charge in [0.2, 0.25) is 0 Å². The van der Waals surface area contributed by atoms with Crippen molar-refractivity contribution in [3.63, 3.8) is 0 Å². The molecule has 6 atom stereocenters. The zero-order valence-corrected chi connectivity index (χ0v) is 17.0. The molecule has 4 heterocycles. The lowest BCUT2D eigenvalue weighted by Gasteiger charge is -2.21. The van der Waals surface area contributed by atoms with Crippen molar-refractivity contribution in [2.45, 2.75) is 64.7 Å². The van der Waals surface area contributed by atoms with Gasteiger partial charge in [-0.25, -0.2) is 25.8 Å². The third kappa shape index (κ3) is 3.81. The fraction of sp³-hybridized carbons (Fsp3) is 0.722. The van der Waals surface area contributed by atoms with Crippen molar-refractivity contribution in [2.75, 3.05) is 11.9 Å². The minimum Gasteiger partial charge on any atom is -0.387 e. The van der Waals surface area contributed by atoms with Gasteiger partial charge in [-0.1, -0.05) is 27.7 Å². The van der Waals surface area contributed by atoms with Gasteiger partial charge in [0.1, 0.15) is 30.9 Å². The first-order valence-corrected chi connectivity index (χ1v) is 9.96. The number of nitrogens with one attached hydrogen (secondary N) is 3. The number of imidazole rings is 1. The van der Waals surface area contributed by atoms with E-state index >= 15 is 0 Å². The SMILES string of the molecule is CC(C)CNc1ncnc2c1ncn2[C@@H]1O[C@H](C2NNC(C(C)C)O2)[C@@H](O)[C@H]1O. The Morgan fingerprint density at radius 3 is 2.59 bits per heavy atom. The number of nitrogens with zero attached hydrogens (tertiary/aromatic N) is 4. The highest BCUT2D eigenvalue weighted by atomic mass is 16.6. The summed E-state index contributed by atoms with van der Waals surface area (Å²) in [5.74, 6) is 1.30. The van der Waals surface area contributed by atoms with E-state index in [0.717, 1.165) is 6.54 Å². The van der Waals surface area contributed by atoms with Gasteiger partial charge in [0.15, 0.2) is 29.4 Å². The molecule has 0 aromatic carbocycles. The van der Waals surface area contributed by atoms with Crippen molar-refractivity contribution in [3.05, 3.63) is 12.7 Å². The molecule has 2 fully saturated rings. The molecule has 0 amide bonds. The van der Waals surface area contributed by atoms with E-state index in [0.29, 0.717) is 22.9 Å². The van der Waals surface area contributed by atoms with Gasteiger partial charge in [0, 0.05) is 6.54 Å². The third-order valence-electron chi connectivity index (χ3n) is 5.15. The molecular weight excluding hydrogens is 378 g/mol. The van der Waals surface area contributed by atoms with E-state index in [9.17, 15) is 10.2 Å². The molecular formula is C18H29N7O4. The maximum Gasteiger partial charge on any atom is 0.167 e. The van der Waals surface area contributed by atoms with Crippen LogP contribution >= 0.6 is 0 Å². The molecule has 4 rings (SSSR count). The van der Waals surface area contributed by atoms with Gasteiger partial charge >= 0.3 is 0 Å². The first kappa shape index (κ1) is 20.4. The lowest BCUT2D eigenvalue weighted by atomic mass is 10.1. The normalized spacial score (nSPS) is 32.7. The fourth-order valence-corrected chi connectivity index (χ4v) is 3.51. The topological polar surface area (TPSA) is 139 Å². The second-order valence-electron chi connectivity index (χ2n) is 8.30. The van der Waals surface area contributed by atoms with Crippen LogP contribution in [0.4, 0.5) is 5.82 Å². The van der Waals surface area contributed by atoms with Gasteiger partial charge in [-0.2, -0.15) is 0 Å². The molecule has 0 bridgehead atoms. The van der Waals surface area contributed by atoms with Crippen LogP contribution in [0, 0.1) is 11.8 Å². The Morgan fingerprint density at radius 2 is 1.90 bits per heavy atom. The molecule has 29 heavy (non-hydrogen) atoms. The van der Waals surface area contributed by atoms with Gasteiger partial charge in [-0.15, -0.1) is 0 Å². The Labute approximate surface area is 168 Å². The van der Waals surface area contributed by atoms with Crippen molar-refractivity contribution in [1.29, 1.82) is 0 Å². The van der Waals surface area contributed by atoms with E-state index in [1.807, 2.05) is 13.8 Å². The summed E-state index contributed by atoms with van der Waals surface area (Å²) in [6, 6.07) is 0. The summed E-state index contributed by atoms with van der Waals surface area (Å²) in [5, 5.41) is 24.5. The van der Waals surface area contributed by atoms with Crippen LogP contribution in [0.15, 0.2) is 12.7 Å². The number of aliphatic hydroxyl groups is 2. The van der Waals surface area contributed by atoms with Crippen LogP contribution in [0.5, 0.6) is 0 Å². The molecule has 0 radical (unpaired) electrons. The van der Waals surface area contributed by atoms with Crippen LogP contribution in [0.25, 0.3) is 11.2 Å². The monoisotopic (exact) mass is 407 g/mol. The molecule has 11 heteroatoms. The summed E-state index contributed by atoms with van der Waals surface area (Å²) in [4.78, 5) is 13.0. The Hall–Kier alpha value is -1.89. The van der Waals surface area contributed by atoms with Crippen molar-refractivity contribution in [2.24, 2.45) is 11.8 Å². The molecule has 5 N–H and O–H groups in total.